The second-order valence-electron chi connectivity index (χ2n) is 4.55. The average molecular weight is 320 g/mol. The van der Waals surface area contributed by atoms with E-state index < -0.39 is 18.0 Å². The molecule has 22 heavy (non-hydrogen) atoms. The zero-order chi connectivity index (χ0) is 15.9. The lowest BCUT2D eigenvalue weighted by molar-refractivity contribution is -0.150. The van der Waals surface area contributed by atoms with Gasteiger partial charge < -0.3 is 14.6 Å². The first-order chi connectivity index (χ1) is 10.5. The van der Waals surface area contributed by atoms with Crippen molar-refractivity contribution >= 4 is 29.5 Å². The van der Waals surface area contributed by atoms with Crippen LogP contribution in [-0.2, 0) is 14.3 Å². The van der Waals surface area contributed by atoms with Crippen LogP contribution in [0.25, 0.3) is 0 Å². The predicted molar refractivity (Wildman–Crippen MR) is 82.6 cm³/mol. The maximum atomic E-state index is 11.9. The first-order valence-electron chi connectivity index (χ1n) is 6.66. The third-order valence-electron chi connectivity index (χ3n) is 2.66. The van der Waals surface area contributed by atoms with Crippen molar-refractivity contribution < 1.29 is 18.8 Å². The summed E-state index contributed by atoms with van der Waals surface area (Å²) in [6.45, 7) is 3.22. The molecule has 1 N–H and O–H groups in total. The highest BCUT2D eigenvalue weighted by Gasteiger charge is 2.19. The molecule has 7 heteroatoms. The van der Waals surface area contributed by atoms with Crippen molar-refractivity contribution in [2.75, 3.05) is 11.1 Å². The summed E-state index contributed by atoms with van der Waals surface area (Å²) in [5, 5.41) is 6.16. The van der Waals surface area contributed by atoms with Gasteiger partial charge in [-0.2, -0.15) is 0 Å². The molecule has 1 atom stereocenters. The molecular formula is C15H16N2O4S. The number of benzene rings is 1. The van der Waals surface area contributed by atoms with E-state index in [9.17, 15) is 9.59 Å². The van der Waals surface area contributed by atoms with Gasteiger partial charge in [-0.3, -0.25) is 9.59 Å². The maximum absolute atomic E-state index is 11.9. The van der Waals surface area contributed by atoms with E-state index in [4.69, 9.17) is 9.26 Å². The van der Waals surface area contributed by atoms with Crippen LogP contribution in [0.15, 0.2) is 45.8 Å². The second kappa shape index (κ2) is 7.65. The number of ether oxygens (including phenoxy) is 1. The van der Waals surface area contributed by atoms with Gasteiger partial charge in [0.2, 0.25) is 0 Å². The molecule has 0 unspecified atom stereocenters. The first kappa shape index (κ1) is 16.1. The summed E-state index contributed by atoms with van der Waals surface area (Å²) in [6.07, 6.45) is -0.902. The fraction of sp³-hybridized carbons (Fsp3) is 0.267. The maximum Gasteiger partial charge on any atom is 0.317 e. The number of esters is 1. The standard InChI is InChI=1S/C15H16N2O4S/c1-10-8-13(17-21-10)16-15(19)11(2)20-14(18)9-22-12-6-4-3-5-7-12/h3-8,11H,9H2,1-2H3,(H,16,17,19)/t11-/m0/s1. The van der Waals surface area contributed by atoms with Gasteiger partial charge in [-0.1, -0.05) is 23.4 Å². The largest absolute Gasteiger partial charge is 0.452 e. The molecule has 1 amide bonds. The van der Waals surface area contributed by atoms with Crippen molar-refractivity contribution in [2.45, 2.75) is 24.8 Å². The summed E-state index contributed by atoms with van der Waals surface area (Å²) in [7, 11) is 0. The summed E-state index contributed by atoms with van der Waals surface area (Å²) in [4.78, 5) is 24.6. The second-order valence-corrected chi connectivity index (χ2v) is 5.59. The molecule has 116 valence electrons. The molecule has 1 aromatic heterocycles. The van der Waals surface area contributed by atoms with Crippen LogP contribution in [0.2, 0.25) is 0 Å². The quantitative estimate of drug-likeness (QED) is 0.651. The van der Waals surface area contributed by atoms with Crippen molar-refractivity contribution in [1.82, 2.24) is 5.16 Å². The van der Waals surface area contributed by atoms with Crippen LogP contribution in [0.5, 0.6) is 0 Å². The Morgan fingerprint density at radius 2 is 2.09 bits per heavy atom. The number of nitrogens with zero attached hydrogens (tertiary/aromatic N) is 1. The van der Waals surface area contributed by atoms with Crippen molar-refractivity contribution in [3.8, 4) is 0 Å². The van der Waals surface area contributed by atoms with Gasteiger partial charge in [-0.25, -0.2) is 0 Å². The van der Waals surface area contributed by atoms with Crippen LogP contribution in [-0.4, -0.2) is 28.9 Å². The minimum absolute atomic E-state index is 0.144. The molecule has 0 radical (unpaired) electrons. The fourth-order valence-electron chi connectivity index (χ4n) is 1.60. The molecule has 2 aromatic rings. The molecule has 6 nitrogen and oxygen atoms in total. The molecule has 1 heterocycles. The fourth-order valence-corrected chi connectivity index (χ4v) is 2.30. The molecule has 0 bridgehead atoms. The van der Waals surface area contributed by atoms with Gasteiger partial charge >= 0.3 is 5.97 Å². The van der Waals surface area contributed by atoms with Gasteiger partial charge in [0.1, 0.15) is 5.76 Å². The molecule has 0 aliphatic heterocycles. The summed E-state index contributed by atoms with van der Waals surface area (Å²) in [5.41, 5.74) is 0. The third kappa shape index (κ3) is 4.92. The highest BCUT2D eigenvalue weighted by Crippen LogP contribution is 2.17. The number of aromatic nitrogens is 1. The summed E-state index contributed by atoms with van der Waals surface area (Å²) in [5.74, 6) is 0.118. The first-order valence-corrected chi connectivity index (χ1v) is 7.64. The van der Waals surface area contributed by atoms with Gasteiger partial charge in [-0.05, 0) is 26.0 Å². The predicted octanol–water partition coefficient (Wildman–Crippen LogP) is 2.65. The van der Waals surface area contributed by atoms with Crippen molar-refractivity contribution in [3.63, 3.8) is 0 Å². The van der Waals surface area contributed by atoms with E-state index in [0.29, 0.717) is 11.6 Å². The van der Waals surface area contributed by atoms with Crippen molar-refractivity contribution in [3.05, 3.63) is 42.2 Å². The molecule has 0 spiro atoms. The third-order valence-corrected chi connectivity index (χ3v) is 3.64. The lowest BCUT2D eigenvalue weighted by Crippen LogP contribution is -2.30. The van der Waals surface area contributed by atoms with Crippen LogP contribution in [0.1, 0.15) is 12.7 Å². The molecule has 0 fully saturated rings. The number of nitrogens with one attached hydrogen (secondary N) is 1. The highest BCUT2D eigenvalue weighted by atomic mass is 32.2. The molecular weight excluding hydrogens is 304 g/mol. The van der Waals surface area contributed by atoms with Gasteiger partial charge in [0, 0.05) is 11.0 Å². The van der Waals surface area contributed by atoms with E-state index in [0.717, 1.165) is 4.90 Å². The number of hydrogen-bond acceptors (Lipinski definition) is 6. The number of hydrogen-bond donors (Lipinski definition) is 1. The zero-order valence-electron chi connectivity index (χ0n) is 12.2. The zero-order valence-corrected chi connectivity index (χ0v) is 13.1. The van der Waals surface area contributed by atoms with Crippen LogP contribution in [0.3, 0.4) is 0 Å². The smallest absolute Gasteiger partial charge is 0.317 e. The molecule has 0 saturated heterocycles. The molecule has 0 saturated carbocycles. The summed E-state index contributed by atoms with van der Waals surface area (Å²) in [6, 6.07) is 11.1. The Kier molecular flexibility index (Phi) is 5.60. The van der Waals surface area contributed by atoms with Crippen LogP contribution < -0.4 is 5.32 Å². The van der Waals surface area contributed by atoms with E-state index in [1.54, 1.807) is 13.0 Å². The number of carbonyl (C=O) groups excluding carboxylic acids is 2. The Bertz CT molecular complexity index is 642. The van der Waals surface area contributed by atoms with Crippen LogP contribution in [0.4, 0.5) is 5.82 Å². The summed E-state index contributed by atoms with van der Waals surface area (Å²) >= 11 is 1.36. The van der Waals surface area contributed by atoms with Crippen molar-refractivity contribution in [1.29, 1.82) is 0 Å². The number of anilines is 1. The van der Waals surface area contributed by atoms with E-state index in [-0.39, 0.29) is 5.75 Å². The van der Waals surface area contributed by atoms with E-state index >= 15 is 0 Å². The molecule has 0 aliphatic rings. The number of aryl methyl sites for hydroxylation is 1. The van der Waals surface area contributed by atoms with E-state index in [1.807, 2.05) is 30.3 Å². The summed E-state index contributed by atoms with van der Waals surface area (Å²) < 4.78 is 9.92. The lowest BCUT2D eigenvalue weighted by atomic mass is 10.3. The number of thioether (sulfide) groups is 1. The number of amides is 1. The van der Waals surface area contributed by atoms with Gasteiger partial charge in [0.15, 0.2) is 11.9 Å². The highest BCUT2D eigenvalue weighted by molar-refractivity contribution is 8.00. The minimum Gasteiger partial charge on any atom is -0.452 e. The van der Waals surface area contributed by atoms with Gasteiger partial charge in [0.05, 0.1) is 5.75 Å². The Balaban J connectivity index is 1.76. The number of rotatable bonds is 6. The Labute approximate surface area is 132 Å². The Morgan fingerprint density at radius 1 is 1.36 bits per heavy atom. The normalized spacial score (nSPS) is 11.7. The Hall–Kier alpha value is -2.28. The topological polar surface area (TPSA) is 81.4 Å². The minimum atomic E-state index is -0.902. The van der Waals surface area contributed by atoms with Gasteiger partial charge in [0.25, 0.3) is 5.91 Å². The van der Waals surface area contributed by atoms with Gasteiger partial charge in [-0.15, -0.1) is 11.8 Å². The lowest BCUT2D eigenvalue weighted by Gasteiger charge is -2.12. The monoisotopic (exact) mass is 320 g/mol. The van der Waals surface area contributed by atoms with E-state index in [2.05, 4.69) is 10.5 Å². The van der Waals surface area contributed by atoms with Crippen molar-refractivity contribution in [2.24, 2.45) is 0 Å². The average Bonchev–Trinajstić information content (AvgIpc) is 2.91. The SMILES string of the molecule is Cc1cc(NC(=O)[C@H](C)OC(=O)CSc2ccccc2)no1. The van der Waals surface area contributed by atoms with Crippen LogP contribution in [0, 0.1) is 6.92 Å². The van der Waals surface area contributed by atoms with E-state index in [1.165, 1.54) is 18.7 Å². The molecule has 0 aliphatic carbocycles. The van der Waals surface area contributed by atoms with Crippen LogP contribution >= 0.6 is 11.8 Å². The molecule has 2 rings (SSSR count). The Morgan fingerprint density at radius 3 is 2.73 bits per heavy atom. The number of carbonyl (C=O) groups is 2. The molecule has 1 aromatic carbocycles.